The minimum atomic E-state index is -0.323. The molecule has 1 amide bonds. The van der Waals surface area contributed by atoms with Gasteiger partial charge in [0.1, 0.15) is 5.82 Å². The number of ether oxygens (including phenoxy) is 1. The molecule has 152 valence electrons. The molecule has 0 atom stereocenters. The quantitative estimate of drug-likeness (QED) is 0.617. The van der Waals surface area contributed by atoms with Crippen LogP contribution < -0.4 is 10.2 Å². The van der Waals surface area contributed by atoms with E-state index in [1.54, 1.807) is 13.2 Å². The molecule has 0 saturated carbocycles. The summed E-state index contributed by atoms with van der Waals surface area (Å²) in [4.78, 5) is 15.7. The molecule has 29 heavy (non-hydrogen) atoms. The molecule has 2 heterocycles. The fourth-order valence-electron chi connectivity index (χ4n) is 3.54. The maximum atomic E-state index is 14.3. The third-order valence-electron chi connectivity index (χ3n) is 5.02. The fraction of sp³-hybridized carbons (Fsp3) is 0.318. The van der Waals surface area contributed by atoms with Crippen molar-refractivity contribution in [2.75, 3.05) is 36.6 Å². The first-order valence-electron chi connectivity index (χ1n) is 9.56. The summed E-state index contributed by atoms with van der Waals surface area (Å²) in [5.74, 6) is 1.81. The number of rotatable bonds is 6. The third kappa shape index (κ3) is 4.42. The lowest BCUT2D eigenvalue weighted by Gasteiger charge is -2.28. The van der Waals surface area contributed by atoms with Crippen molar-refractivity contribution in [3.05, 3.63) is 64.3 Å². The van der Waals surface area contributed by atoms with E-state index < -0.39 is 0 Å². The Labute approximate surface area is 178 Å². The van der Waals surface area contributed by atoms with Crippen molar-refractivity contribution in [3.8, 4) is 0 Å². The highest BCUT2D eigenvalue weighted by molar-refractivity contribution is 7.99. The van der Waals surface area contributed by atoms with Crippen LogP contribution in [0.5, 0.6) is 0 Å². The monoisotopic (exact) mass is 430 g/mol. The van der Waals surface area contributed by atoms with Crippen molar-refractivity contribution in [2.24, 2.45) is 0 Å². The van der Waals surface area contributed by atoms with E-state index in [1.165, 1.54) is 23.1 Å². The van der Waals surface area contributed by atoms with Crippen LogP contribution in [0.2, 0.25) is 0 Å². The summed E-state index contributed by atoms with van der Waals surface area (Å²) in [6.07, 6.45) is 0. The van der Waals surface area contributed by atoms with Crippen molar-refractivity contribution in [3.63, 3.8) is 0 Å². The number of carbonyl (C=O) groups excluding carboxylic acids is 1. The smallest absolute Gasteiger partial charge is 0.262 e. The highest BCUT2D eigenvalue weighted by atomic mass is 32.2. The highest BCUT2D eigenvalue weighted by Gasteiger charge is 2.20. The Balaban J connectivity index is 1.47. The number of anilines is 1. The first-order chi connectivity index (χ1) is 14.2. The minimum absolute atomic E-state index is 0.199. The lowest BCUT2D eigenvalue weighted by atomic mass is 10.1. The molecule has 4 nitrogen and oxygen atoms in total. The maximum absolute atomic E-state index is 14.3. The molecule has 0 radical (unpaired) electrons. The SMILES string of the molecule is COCc1c(C(=O)NCc2ccc(N3CCSCC3)cc2)sc2cccc(F)c12. The molecule has 7 heteroatoms. The zero-order valence-electron chi connectivity index (χ0n) is 16.2. The molecule has 1 aliphatic heterocycles. The van der Waals surface area contributed by atoms with Crippen LogP contribution in [0.25, 0.3) is 10.1 Å². The number of methoxy groups -OCH3 is 1. The van der Waals surface area contributed by atoms with Crippen LogP contribution in [-0.4, -0.2) is 37.6 Å². The third-order valence-corrected chi connectivity index (χ3v) is 7.16. The summed E-state index contributed by atoms with van der Waals surface area (Å²) in [5, 5.41) is 3.45. The van der Waals surface area contributed by atoms with Gasteiger partial charge in [0.15, 0.2) is 0 Å². The van der Waals surface area contributed by atoms with Gasteiger partial charge < -0.3 is 15.0 Å². The van der Waals surface area contributed by atoms with Crippen LogP contribution in [-0.2, 0) is 17.9 Å². The number of nitrogens with one attached hydrogen (secondary N) is 1. The molecule has 0 spiro atoms. The van der Waals surface area contributed by atoms with E-state index in [9.17, 15) is 9.18 Å². The molecule has 0 bridgehead atoms. The molecule has 0 unspecified atom stereocenters. The number of benzene rings is 2. The Kier molecular flexibility index (Phi) is 6.37. The van der Waals surface area contributed by atoms with Crippen molar-refractivity contribution in [2.45, 2.75) is 13.2 Å². The van der Waals surface area contributed by atoms with Gasteiger partial charge in [0.25, 0.3) is 5.91 Å². The van der Waals surface area contributed by atoms with Crippen LogP contribution in [0.3, 0.4) is 0 Å². The van der Waals surface area contributed by atoms with E-state index in [2.05, 4.69) is 34.5 Å². The zero-order chi connectivity index (χ0) is 20.2. The van der Waals surface area contributed by atoms with Crippen molar-refractivity contribution < 1.29 is 13.9 Å². The summed E-state index contributed by atoms with van der Waals surface area (Å²) in [5.41, 5.74) is 2.87. The van der Waals surface area contributed by atoms with Crippen LogP contribution >= 0.6 is 23.1 Å². The molecule has 1 fully saturated rings. The topological polar surface area (TPSA) is 41.6 Å². The number of carbonyl (C=O) groups is 1. The van der Waals surface area contributed by atoms with E-state index in [4.69, 9.17) is 4.74 Å². The number of thiophene rings is 1. The van der Waals surface area contributed by atoms with Crippen LogP contribution in [0, 0.1) is 5.82 Å². The lowest BCUT2D eigenvalue weighted by molar-refractivity contribution is 0.0950. The van der Waals surface area contributed by atoms with E-state index >= 15 is 0 Å². The fourth-order valence-corrected chi connectivity index (χ4v) is 5.58. The highest BCUT2D eigenvalue weighted by Crippen LogP contribution is 2.33. The van der Waals surface area contributed by atoms with Crippen molar-refractivity contribution >= 4 is 44.8 Å². The second-order valence-corrected chi connectivity index (χ2v) is 9.18. The lowest BCUT2D eigenvalue weighted by Crippen LogP contribution is -2.32. The van der Waals surface area contributed by atoms with Crippen LogP contribution in [0.15, 0.2) is 42.5 Å². The molecule has 4 rings (SSSR count). The second-order valence-electron chi connectivity index (χ2n) is 6.90. The Morgan fingerprint density at radius 3 is 2.66 bits per heavy atom. The molecular weight excluding hydrogens is 407 g/mol. The summed E-state index contributed by atoms with van der Waals surface area (Å²) in [7, 11) is 1.55. The van der Waals surface area contributed by atoms with Gasteiger partial charge in [-0.1, -0.05) is 18.2 Å². The maximum Gasteiger partial charge on any atom is 0.262 e. The van der Waals surface area contributed by atoms with E-state index in [0.29, 0.717) is 22.4 Å². The van der Waals surface area contributed by atoms with Crippen LogP contribution in [0.4, 0.5) is 10.1 Å². The predicted octanol–water partition coefficient (Wildman–Crippen LogP) is 4.67. The van der Waals surface area contributed by atoms with Gasteiger partial charge in [0.05, 0.1) is 11.5 Å². The summed E-state index contributed by atoms with van der Waals surface area (Å²) in [6.45, 7) is 2.78. The molecule has 1 aliphatic rings. The number of fused-ring (bicyclic) bond motifs is 1. The Bertz CT molecular complexity index is 998. The largest absolute Gasteiger partial charge is 0.380 e. The second kappa shape index (κ2) is 9.15. The zero-order valence-corrected chi connectivity index (χ0v) is 17.9. The molecular formula is C22H23FN2O2S2. The summed E-state index contributed by atoms with van der Waals surface area (Å²) >= 11 is 3.29. The Morgan fingerprint density at radius 1 is 1.17 bits per heavy atom. The van der Waals surface area contributed by atoms with Gasteiger partial charge in [-0.3, -0.25) is 4.79 Å². The van der Waals surface area contributed by atoms with Gasteiger partial charge >= 0.3 is 0 Å². The van der Waals surface area contributed by atoms with E-state index in [1.807, 2.05) is 17.8 Å². The first-order valence-corrected chi connectivity index (χ1v) is 11.5. The van der Waals surface area contributed by atoms with E-state index in [0.717, 1.165) is 34.9 Å². The molecule has 0 aliphatic carbocycles. The van der Waals surface area contributed by atoms with Gasteiger partial charge in [-0.05, 0) is 29.8 Å². The molecule has 1 N–H and O–H groups in total. The Morgan fingerprint density at radius 2 is 1.93 bits per heavy atom. The minimum Gasteiger partial charge on any atom is -0.380 e. The van der Waals surface area contributed by atoms with Gasteiger partial charge in [0, 0.05) is 59.6 Å². The van der Waals surface area contributed by atoms with Gasteiger partial charge in [-0.25, -0.2) is 4.39 Å². The predicted molar refractivity (Wildman–Crippen MR) is 120 cm³/mol. The van der Waals surface area contributed by atoms with E-state index in [-0.39, 0.29) is 18.3 Å². The average Bonchev–Trinajstić information content (AvgIpc) is 3.13. The van der Waals surface area contributed by atoms with Gasteiger partial charge in [0.2, 0.25) is 0 Å². The standard InChI is InChI=1S/C22H23FN2O2S2/c1-27-14-17-20-18(23)3-2-4-19(20)29-21(17)22(26)24-13-15-5-7-16(8-6-15)25-9-11-28-12-10-25/h2-8H,9-14H2,1H3,(H,24,26). The number of thioether (sulfide) groups is 1. The van der Waals surface area contributed by atoms with Crippen molar-refractivity contribution in [1.82, 2.24) is 5.32 Å². The molecule has 1 saturated heterocycles. The Hall–Kier alpha value is -2.09. The number of nitrogens with zero attached hydrogens (tertiary/aromatic N) is 1. The normalized spacial score (nSPS) is 14.3. The summed E-state index contributed by atoms with van der Waals surface area (Å²) < 4.78 is 20.3. The molecule has 2 aromatic carbocycles. The van der Waals surface area contributed by atoms with Crippen LogP contribution in [0.1, 0.15) is 20.8 Å². The number of hydrogen-bond donors (Lipinski definition) is 1. The number of amides is 1. The van der Waals surface area contributed by atoms with Gasteiger partial charge in [-0.2, -0.15) is 11.8 Å². The van der Waals surface area contributed by atoms with Crippen molar-refractivity contribution in [1.29, 1.82) is 0 Å². The molecule has 1 aromatic heterocycles. The summed E-state index contributed by atoms with van der Waals surface area (Å²) in [6, 6.07) is 13.2. The molecule has 3 aromatic rings. The first kappa shape index (κ1) is 20.2. The average molecular weight is 431 g/mol. The number of halogens is 1. The number of hydrogen-bond acceptors (Lipinski definition) is 5. The van der Waals surface area contributed by atoms with Gasteiger partial charge in [-0.15, -0.1) is 11.3 Å².